The van der Waals surface area contributed by atoms with Crippen LogP contribution >= 0.6 is 24.8 Å². The molecule has 4 aromatic carbocycles. The first-order chi connectivity index (χ1) is 19.5. The van der Waals surface area contributed by atoms with Gasteiger partial charge in [-0.05, 0) is 0 Å². The van der Waals surface area contributed by atoms with Crippen LogP contribution in [0.5, 0.6) is 0 Å². The number of hydrogen-bond donors (Lipinski definition) is 0. The zero-order valence-corrected chi connectivity index (χ0v) is 31.1. The van der Waals surface area contributed by atoms with E-state index < -0.39 is 25.6 Å². The third-order valence-corrected chi connectivity index (χ3v) is 37.5. The second-order valence-corrected chi connectivity index (χ2v) is 36.9. The number of benzene rings is 4. The number of allylic oxidation sites excluding steroid dienone is 2. The van der Waals surface area contributed by atoms with Crippen molar-refractivity contribution in [2.75, 3.05) is 11.4 Å². The van der Waals surface area contributed by atoms with E-state index in [2.05, 4.69) is 135 Å². The van der Waals surface area contributed by atoms with E-state index in [1.165, 1.54) is 52.0 Å². The molecule has 0 aromatic heterocycles. The third-order valence-electron chi connectivity index (χ3n) is 9.22. The van der Waals surface area contributed by atoms with Gasteiger partial charge in [-0.25, -0.2) is 0 Å². The summed E-state index contributed by atoms with van der Waals surface area (Å²) in [6.45, 7) is 11.3. The molecule has 5 heteroatoms. The van der Waals surface area contributed by atoms with Gasteiger partial charge in [0.15, 0.2) is 0 Å². The second kappa shape index (κ2) is 12.8. The Kier molecular flexibility index (Phi) is 9.54. The van der Waals surface area contributed by atoms with E-state index in [1.54, 1.807) is 22.3 Å². The Balaban J connectivity index is 0.00000176. The minimum atomic E-state index is -2.31. The summed E-state index contributed by atoms with van der Waals surface area (Å²) in [5.41, 5.74) is 16.1. The molecule has 0 N–H and O–H groups in total. The molecule has 0 saturated heterocycles. The van der Waals surface area contributed by atoms with E-state index in [-0.39, 0.29) is 24.8 Å². The fraction of sp³-hybridized carbons (Fsp3) is 0.243. The van der Waals surface area contributed by atoms with Crippen molar-refractivity contribution in [3.63, 3.8) is 0 Å². The molecule has 0 spiro atoms. The zero-order valence-electron chi connectivity index (χ0n) is 24.9. The maximum atomic E-state index is 2.63. The molecule has 0 radical (unpaired) electrons. The Morgan fingerprint density at radius 2 is 1.26 bits per heavy atom. The SMILES string of the molecule is CC1=Cc2c(-c3ccccc3)cccc2[CH]1[Hf]([CH]1C(C)=Cc2c1cccc2N1CCCc2ccccc21)=[Si](C)C.Cl.Cl. The molecule has 1 aliphatic heterocycles. The summed E-state index contributed by atoms with van der Waals surface area (Å²) in [6.07, 6.45) is 7.54. The number of para-hydroxylation sites is 1. The van der Waals surface area contributed by atoms with Crippen LogP contribution in [0.25, 0.3) is 23.3 Å². The molecular formula is C37H39Cl2HfNSi. The standard InChI is InChI=1S/C19H18N.C16H13.C2H6Si.2ClH.Hf/c1-14-12-16-7-4-10-19(17(16)13-14)20-11-5-8-15-6-2-3-9-18(15)20;1-12-10-14-8-5-9-15(16(14)11-12)13-6-3-2-4-7-13;1-3-2;;;/h2-4,6-7,9-10,12-13H,5,8,11H2,1H3;2-11H,1H3;1-2H3;2*1H;. The van der Waals surface area contributed by atoms with Crippen LogP contribution in [0.3, 0.4) is 0 Å². The van der Waals surface area contributed by atoms with Gasteiger partial charge < -0.3 is 0 Å². The molecule has 0 saturated carbocycles. The Bertz CT molecular complexity index is 1740. The van der Waals surface area contributed by atoms with E-state index in [4.69, 9.17) is 0 Å². The van der Waals surface area contributed by atoms with Gasteiger partial charge in [0.2, 0.25) is 0 Å². The van der Waals surface area contributed by atoms with Gasteiger partial charge in [-0.2, -0.15) is 0 Å². The van der Waals surface area contributed by atoms with Gasteiger partial charge in [0.1, 0.15) is 0 Å². The van der Waals surface area contributed by atoms with E-state index in [0.717, 1.165) is 6.54 Å². The molecule has 214 valence electrons. The summed E-state index contributed by atoms with van der Waals surface area (Å²) in [6, 6.07) is 34.4. The Morgan fingerprint density at radius 3 is 1.98 bits per heavy atom. The van der Waals surface area contributed by atoms with Crippen LogP contribution in [0.15, 0.2) is 102 Å². The van der Waals surface area contributed by atoms with Crippen molar-refractivity contribution in [1.29, 1.82) is 0 Å². The summed E-state index contributed by atoms with van der Waals surface area (Å²) in [7, 11) is 0. The fourth-order valence-electron chi connectivity index (χ4n) is 7.55. The second-order valence-electron chi connectivity index (χ2n) is 11.9. The van der Waals surface area contributed by atoms with Crippen molar-refractivity contribution in [3.8, 4) is 11.1 Å². The smallest absolute Gasteiger partial charge is 0.147 e. The molecule has 2 aliphatic carbocycles. The van der Waals surface area contributed by atoms with Crippen molar-refractivity contribution >= 4 is 53.8 Å². The van der Waals surface area contributed by atoms with E-state index in [0.29, 0.717) is 7.35 Å². The summed E-state index contributed by atoms with van der Waals surface area (Å²) in [5.74, 6) is 0. The molecule has 3 aliphatic rings. The molecule has 0 fully saturated rings. The molecule has 1 nitrogen and oxygen atoms in total. The Hall–Kier alpha value is -2.17. The number of hydrogen-bond acceptors (Lipinski definition) is 1. The van der Waals surface area contributed by atoms with Crippen LogP contribution in [0, 0.1) is 0 Å². The van der Waals surface area contributed by atoms with Gasteiger partial charge in [0.25, 0.3) is 0 Å². The number of nitrogens with zero attached hydrogens (tertiary/aromatic N) is 1. The van der Waals surface area contributed by atoms with Crippen molar-refractivity contribution in [2.24, 2.45) is 0 Å². The van der Waals surface area contributed by atoms with Crippen LogP contribution in [0.4, 0.5) is 11.4 Å². The van der Waals surface area contributed by atoms with Crippen molar-refractivity contribution in [1.82, 2.24) is 0 Å². The number of rotatable bonds is 4. The van der Waals surface area contributed by atoms with Gasteiger partial charge in [-0.1, -0.05) is 0 Å². The first-order valence-corrected chi connectivity index (χ1v) is 26.8. The van der Waals surface area contributed by atoms with Crippen molar-refractivity contribution < 1.29 is 20.1 Å². The Morgan fingerprint density at radius 1 is 0.667 bits per heavy atom. The van der Waals surface area contributed by atoms with Crippen molar-refractivity contribution in [3.05, 3.63) is 130 Å². The minimum Gasteiger partial charge on any atom is -0.147 e. The van der Waals surface area contributed by atoms with Gasteiger partial charge in [0, 0.05) is 0 Å². The molecule has 2 atom stereocenters. The summed E-state index contributed by atoms with van der Waals surface area (Å²) in [5, 5.41) is 0. The number of anilines is 2. The summed E-state index contributed by atoms with van der Waals surface area (Å²) >= 11 is -2.31. The third kappa shape index (κ3) is 5.25. The fourth-order valence-corrected chi connectivity index (χ4v) is 37.0. The van der Waals surface area contributed by atoms with Crippen LogP contribution in [0.1, 0.15) is 55.4 Å². The normalized spacial score (nSPS) is 18.0. The van der Waals surface area contributed by atoms with Crippen LogP contribution < -0.4 is 4.90 Å². The summed E-state index contributed by atoms with van der Waals surface area (Å²) in [4.78, 5) is 2.61. The quantitative estimate of drug-likeness (QED) is 0.187. The van der Waals surface area contributed by atoms with Crippen LogP contribution in [-0.4, -0.2) is 12.0 Å². The van der Waals surface area contributed by atoms with Gasteiger partial charge in [0.05, 0.1) is 0 Å². The van der Waals surface area contributed by atoms with Gasteiger partial charge in [-0.15, -0.1) is 24.8 Å². The molecule has 2 unspecified atom stereocenters. The first-order valence-electron chi connectivity index (χ1n) is 14.7. The van der Waals surface area contributed by atoms with Gasteiger partial charge >= 0.3 is 249 Å². The minimum absolute atomic E-state index is 0. The van der Waals surface area contributed by atoms with Crippen LogP contribution in [0.2, 0.25) is 13.1 Å². The maximum Gasteiger partial charge on any atom is -0.147 e. The summed E-state index contributed by atoms with van der Waals surface area (Å²) < 4.78 is 1.34. The number of fused-ring (bicyclic) bond motifs is 3. The largest absolute Gasteiger partial charge is 0.147 e. The Labute approximate surface area is 271 Å². The molecular weight excluding hydrogens is 736 g/mol. The van der Waals surface area contributed by atoms with Gasteiger partial charge in [-0.3, -0.25) is 0 Å². The molecule has 0 bridgehead atoms. The average Bonchev–Trinajstić information content (AvgIpc) is 3.49. The topological polar surface area (TPSA) is 3.24 Å². The maximum absolute atomic E-state index is 2.63. The number of halogens is 2. The van der Waals surface area contributed by atoms with Crippen molar-refractivity contribution in [2.45, 2.75) is 47.1 Å². The van der Waals surface area contributed by atoms with E-state index >= 15 is 0 Å². The predicted octanol–water partition coefficient (Wildman–Crippen LogP) is 10.8. The van der Waals surface area contributed by atoms with E-state index in [9.17, 15) is 0 Å². The predicted molar refractivity (Wildman–Crippen MR) is 185 cm³/mol. The molecule has 1 heterocycles. The molecule has 0 amide bonds. The average molecular weight is 775 g/mol. The number of aryl methyl sites for hydroxylation is 1. The monoisotopic (exact) mass is 775 g/mol. The van der Waals surface area contributed by atoms with Crippen LogP contribution in [-0.2, 0) is 26.5 Å². The molecule has 42 heavy (non-hydrogen) atoms. The molecule has 4 aromatic rings. The van der Waals surface area contributed by atoms with E-state index in [1.807, 2.05) is 0 Å². The molecule has 7 rings (SSSR count). The first kappa shape index (κ1) is 31.3. The zero-order chi connectivity index (χ0) is 27.4.